The summed E-state index contributed by atoms with van der Waals surface area (Å²) >= 11 is 1.38. The van der Waals surface area contributed by atoms with Crippen molar-refractivity contribution in [3.8, 4) is 0 Å². The molecule has 6 heteroatoms. The van der Waals surface area contributed by atoms with Gasteiger partial charge in [-0.2, -0.15) is 0 Å². The largest absolute Gasteiger partial charge is 0.481 e. The van der Waals surface area contributed by atoms with E-state index in [-0.39, 0.29) is 18.2 Å². The number of aryl methyl sites for hydroxylation is 2. The van der Waals surface area contributed by atoms with Crippen LogP contribution in [-0.2, 0) is 4.79 Å². The molecule has 1 heterocycles. The summed E-state index contributed by atoms with van der Waals surface area (Å²) in [4.78, 5) is 27.1. The Labute approximate surface area is 110 Å². The maximum absolute atomic E-state index is 11.9. The molecule has 0 radical (unpaired) electrons. The molecule has 1 unspecified atom stereocenters. The number of carboxylic acids is 1. The lowest BCUT2D eigenvalue weighted by atomic mass is 10.1. The highest BCUT2D eigenvalue weighted by Gasteiger charge is 2.14. The Balaban J connectivity index is 2.41. The second kappa shape index (κ2) is 6.49. The maximum atomic E-state index is 11.9. The van der Waals surface area contributed by atoms with Crippen LogP contribution in [0, 0.1) is 19.8 Å². The number of thiazole rings is 1. The molecule has 1 aromatic heterocycles. The minimum atomic E-state index is -0.804. The Bertz CT molecular complexity index is 443. The third-order valence-electron chi connectivity index (χ3n) is 2.57. The van der Waals surface area contributed by atoms with Gasteiger partial charge in [-0.05, 0) is 26.2 Å². The van der Waals surface area contributed by atoms with Crippen LogP contribution in [0.25, 0.3) is 0 Å². The lowest BCUT2D eigenvalue weighted by Gasteiger charge is -2.10. The fraction of sp³-hybridized carbons (Fsp3) is 0.583. The summed E-state index contributed by atoms with van der Waals surface area (Å²) in [6.45, 7) is 6.09. The zero-order chi connectivity index (χ0) is 13.7. The number of nitrogens with one attached hydrogen (secondary N) is 1. The summed E-state index contributed by atoms with van der Waals surface area (Å²) in [7, 11) is 0. The van der Waals surface area contributed by atoms with Crippen molar-refractivity contribution in [2.24, 2.45) is 5.92 Å². The van der Waals surface area contributed by atoms with Gasteiger partial charge in [0.05, 0.1) is 10.7 Å². The molecule has 18 heavy (non-hydrogen) atoms. The molecule has 0 saturated carbocycles. The van der Waals surface area contributed by atoms with Gasteiger partial charge in [0, 0.05) is 13.0 Å². The minimum Gasteiger partial charge on any atom is -0.481 e. The molecule has 0 aromatic carbocycles. The van der Waals surface area contributed by atoms with E-state index in [9.17, 15) is 9.59 Å². The first-order valence-electron chi connectivity index (χ1n) is 5.84. The third-order valence-corrected chi connectivity index (χ3v) is 3.64. The summed E-state index contributed by atoms with van der Waals surface area (Å²) < 4.78 is 0. The molecular formula is C12H18N2O3S. The number of carbonyl (C=O) groups excluding carboxylic acids is 1. The average Bonchev–Trinajstić information content (AvgIpc) is 2.62. The fourth-order valence-corrected chi connectivity index (χ4v) is 2.40. The lowest BCUT2D eigenvalue weighted by molar-refractivity contribution is -0.137. The zero-order valence-corrected chi connectivity index (χ0v) is 11.6. The van der Waals surface area contributed by atoms with Crippen LogP contribution in [0.4, 0.5) is 0 Å². The summed E-state index contributed by atoms with van der Waals surface area (Å²) in [6.07, 6.45) is 0.700. The lowest BCUT2D eigenvalue weighted by Crippen LogP contribution is -2.28. The second-order valence-electron chi connectivity index (χ2n) is 4.40. The molecular weight excluding hydrogens is 252 g/mol. The molecule has 0 fully saturated rings. The number of aliphatic carboxylic acids is 1. The fourth-order valence-electron chi connectivity index (χ4n) is 1.56. The number of carbonyl (C=O) groups is 2. The van der Waals surface area contributed by atoms with E-state index in [1.165, 1.54) is 11.3 Å². The van der Waals surface area contributed by atoms with Gasteiger partial charge in [-0.15, -0.1) is 11.3 Å². The molecule has 1 rings (SSSR count). The molecule has 0 saturated heterocycles. The van der Waals surface area contributed by atoms with Gasteiger partial charge in [-0.1, -0.05) is 6.92 Å². The zero-order valence-electron chi connectivity index (χ0n) is 10.8. The number of amides is 1. The summed E-state index contributed by atoms with van der Waals surface area (Å²) in [5, 5.41) is 12.2. The van der Waals surface area contributed by atoms with Crippen LogP contribution in [0.2, 0.25) is 0 Å². The van der Waals surface area contributed by atoms with E-state index in [2.05, 4.69) is 10.3 Å². The molecule has 100 valence electrons. The number of aromatic nitrogens is 1. The molecule has 1 amide bonds. The summed E-state index contributed by atoms with van der Waals surface area (Å²) in [6, 6.07) is 0. The highest BCUT2D eigenvalue weighted by atomic mass is 32.1. The van der Waals surface area contributed by atoms with E-state index < -0.39 is 5.97 Å². The van der Waals surface area contributed by atoms with Gasteiger partial charge in [-0.25, -0.2) is 4.98 Å². The van der Waals surface area contributed by atoms with E-state index in [0.29, 0.717) is 17.8 Å². The van der Waals surface area contributed by atoms with Gasteiger partial charge in [-0.3, -0.25) is 9.59 Å². The molecule has 0 aliphatic heterocycles. The van der Waals surface area contributed by atoms with Crippen LogP contribution < -0.4 is 5.32 Å². The molecule has 0 spiro atoms. The molecule has 5 nitrogen and oxygen atoms in total. The molecule has 0 bridgehead atoms. The van der Waals surface area contributed by atoms with E-state index in [1.807, 2.05) is 20.8 Å². The van der Waals surface area contributed by atoms with E-state index in [1.54, 1.807) is 0 Å². The van der Waals surface area contributed by atoms with Crippen LogP contribution in [-0.4, -0.2) is 28.5 Å². The Morgan fingerprint density at radius 1 is 1.44 bits per heavy atom. The first kappa shape index (κ1) is 14.6. The number of rotatable bonds is 6. The van der Waals surface area contributed by atoms with E-state index in [4.69, 9.17) is 5.11 Å². The SMILES string of the molecule is Cc1nc(C)c(C(=O)NCC(C)CCC(=O)O)s1. The minimum absolute atomic E-state index is 0.125. The molecule has 0 aliphatic rings. The van der Waals surface area contributed by atoms with Crippen LogP contribution in [0.3, 0.4) is 0 Å². The van der Waals surface area contributed by atoms with Crippen molar-refractivity contribution in [1.82, 2.24) is 10.3 Å². The number of carboxylic acid groups (broad SMARTS) is 1. The highest BCUT2D eigenvalue weighted by molar-refractivity contribution is 7.13. The van der Waals surface area contributed by atoms with Crippen LogP contribution >= 0.6 is 11.3 Å². The van der Waals surface area contributed by atoms with Crippen molar-refractivity contribution >= 4 is 23.2 Å². The molecule has 2 N–H and O–H groups in total. The van der Waals surface area contributed by atoms with Crippen molar-refractivity contribution in [3.05, 3.63) is 15.6 Å². The van der Waals surface area contributed by atoms with Gasteiger partial charge >= 0.3 is 5.97 Å². The Kier molecular flexibility index (Phi) is 5.27. The number of hydrogen-bond acceptors (Lipinski definition) is 4. The van der Waals surface area contributed by atoms with Gasteiger partial charge in [0.15, 0.2) is 0 Å². The van der Waals surface area contributed by atoms with Crippen molar-refractivity contribution in [2.45, 2.75) is 33.6 Å². The van der Waals surface area contributed by atoms with E-state index >= 15 is 0 Å². The third kappa shape index (κ3) is 4.44. The van der Waals surface area contributed by atoms with Gasteiger partial charge in [0.25, 0.3) is 5.91 Å². The molecule has 0 aliphatic carbocycles. The maximum Gasteiger partial charge on any atom is 0.303 e. The first-order valence-corrected chi connectivity index (χ1v) is 6.65. The Morgan fingerprint density at radius 2 is 2.11 bits per heavy atom. The quantitative estimate of drug-likeness (QED) is 0.828. The van der Waals surface area contributed by atoms with Crippen molar-refractivity contribution in [1.29, 1.82) is 0 Å². The highest BCUT2D eigenvalue weighted by Crippen LogP contribution is 2.16. The second-order valence-corrected chi connectivity index (χ2v) is 5.60. The molecule has 1 aromatic rings. The van der Waals surface area contributed by atoms with Crippen LogP contribution in [0.5, 0.6) is 0 Å². The molecule has 1 atom stereocenters. The van der Waals surface area contributed by atoms with Gasteiger partial charge in [0.1, 0.15) is 4.88 Å². The van der Waals surface area contributed by atoms with Gasteiger partial charge in [0.2, 0.25) is 0 Å². The summed E-state index contributed by atoms with van der Waals surface area (Å²) in [5.74, 6) is -0.776. The first-order chi connectivity index (χ1) is 8.40. The topological polar surface area (TPSA) is 79.3 Å². The standard InChI is InChI=1S/C12H18N2O3S/c1-7(4-5-10(15)16)6-13-12(17)11-8(2)14-9(3)18-11/h7H,4-6H2,1-3H3,(H,13,17)(H,15,16). The van der Waals surface area contributed by atoms with E-state index in [0.717, 1.165) is 10.7 Å². The smallest absolute Gasteiger partial charge is 0.303 e. The Hall–Kier alpha value is -1.43. The van der Waals surface area contributed by atoms with Crippen LogP contribution in [0.1, 0.15) is 40.1 Å². The van der Waals surface area contributed by atoms with Crippen LogP contribution in [0.15, 0.2) is 0 Å². The monoisotopic (exact) mass is 270 g/mol. The Morgan fingerprint density at radius 3 is 2.61 bits per heavy atom. The number of nitrogens with zero attached hydrogens (tertiary/aromatic N) is 1. The predicted molar refractivity (Wildman–Crippen MR) is 70.0 cm³/mol. The average molecular weight is 270 g/mol. The van der Waals surface area contributed by atoms with Crippen molar-refractivity contribution in [2.75, 3.05) is 6.54 Å². The number of hydrogen-bond donors (Lipinski definition) is 2. The van der Waals surface area contributed by atoms with Gasteiger partial charge < -0.3 is 10.4 Å². The predicted octanol–water partition coefficient (Wildman–Crippen LogP) is 1.99. The summed E-state index contributed by atoms with van der Waals surface area (Å²) in [5.41, 5.74) is 0.744. The van der Waals surface area contributed by atoms with Crippen molar-refractivity contribution < 1.29 is 14.7 Å². The van der Waals surface area contributed by atoms with Crippen molar-refractivity contribution in [3.63, 3.8) is 0 Å². The normalized spacial score (nSPS) is 12.2.